The van der Waals surface area contributed by atoms with Crippen LogP contribution in [0.4, 0.5) is 22.7 Å². The van der Waals surface area contributed by atoms with Crippen LogP contribution in [0.5, 0.6) is 0 Å². The molecule has 14 heteroatoms. The van der Waals surface area contributed by atoms with Gasteiger partial charge in [0.1, 0.15) is 0 Å². The number of nitrogens with zero attached hydrogens (tertiary/aromatic N) is 6. The number of nitro groups is 4. The molecule has 0 aliphatic rings. The van der Waals surface area contributed by atoms with Gasteiger partial charge in [-0.1, -0.05) is 72.8 Å². The molecule has 4 aromatic carbocycles. The van der Waals surface area contributed by atoms with E-state index in [0.29, 0.717) is 45.0 Å². The van der Waals surface area contributed by atoms with Gasteiger partial charge in [0.15, 0.2) is 0 Å². The summed E-state index contributed by atoms with van der Waals surface area (Å²) in [6.45, 7) is 0. The lowest BCUT2D eigenvalue weighted by Gasteiger charge is -2.07. The SMILES string of the molecule is O=[N+]([O-])c1cccc(/C=C/c2nc(/C=C/c3cccc([N+](=O)[O-])c3)c(/C=C/c3cccc([N+](=O)[O-])c3)nc2/C=C/c2cccc([N+](=O)[O-])c2)c1. The molecule has 0 saturated carbocycles. The number of rotatable bonds is 12. The number of hydrogen-bond donors (Lipinski definition) is 0. The van der Waals surface area contributed by atoms with Crippen molar-refractivity contribution in [3.8, 4) is 0 Å². The number of aromatic nitrogens is 2. The van der Waals surface area contributed by atoms with E-state index in [-0.39, 0.29) is 22.7 Å². The van der Waals surface area contributed by atoms with Crippen LogP contribution in [0.15, 0.2) is 97.1 Å². The van der Waals surface area contributed by atoms with E-state index in [1.807, 2.05) is 0 Å². The molecule has 1 aromatic heterocycles. The van der Waals surface area contributed by atoms with Gasteiger partial charge in [-0.3, -0.25) is 40.5 Å². The fourth-order valence-electron chi connectivity index (χ4n) is 4.65. The Morgan fingerprint density at radius 1 is 0.360 bits per heavy atom. The summed E-state index contributed by atoms with van der Waals surface area (Å²) < 4.78 is 0. The van der Waals surface area contributed by atoms with Gasteiger partial charge in [0.25, 0.3) is 22.7 Å². The van der Waals surface area contributed by atoms with Gasteiger partial charge >= 0.3 is 0 Å². The van der Waals surface area contributed by atoms with E-state index >= 15 is 0 Å². The van der Waals surface area contributed by atoms with Gasteiger partial charge in [-0.25, -0.2) is 9.97 Å². The minimum atomic E-state index is -0.510. The maximum Gasteiger partial charge on any atom is 0.270 e. The highest BCUT2D eigenvalue weighted by molar-refractivity contribution is 5.82. The van der Waals surface area contributed by atoms with E-state index in [4.69, 9.17) is 9.97 Å². The highest BCUT2D eigenvalue weighted by atomic mass is 16.6. The molecule has 0 amide bonds. The van der Waals surface area contributed by atoms with Crippen LogP contribution in [0.1, 0.15) is 45.0 Å². The fourth-order valence-corrected chi connectivity index (χ4v) is 4.65. The zero-order valence-electron chi connectivity index (χ0n) is 25.8. The van der Waals surface area contributed by atoms with Crippen molar-refractivity contribution in [2.75, 3.05) is 0 Å². The standard InChI is InChI=1S/C36H24N6O8/c43-39(44)29-9-1-5-25(21-29)13-17-33-34(18-14-26-6-2-10-30(22-26)40(45)46)38-36(20-16-28-8-4-12-32(24-28)42(49)50)35(37-33)19-15-27-7-3-11-31(23-27)41(47)48/h1-24H/b17-13+,18-14+,19-15+,20-16+. The Balaban J connectivity index is 1.66. The first-order chi connectivity index (χ1) is 24.0. The quantitative estimate of drug-likeness (QED) is 0.0914. The van der Waals surface area contributed by atoms with Crippen molar-refractivity contribution >= 4 is 71.4 Å². The van der Waals surface area contributed by atoms with Crippen molar-refractivity contribution in [2.24, 2.45) is 0 Å². The summed E-state index contributed by atoms with van der Waals surface area (Å²) in [5.41, 5.74) is 2.92. The van der Waals surface area contributed by atoms with E-state index in [1.165, 1.54) is 48.5 Å². The molecule has 0 unspecified atom stereocenters. The van der Waals surface area contributed by atoms with Crippen molar-refractivity contribution in [1.82, 2.24) is 9.97 Å². The molecule has 0 fully saturated rings. The Kier molecular flexibility index (Phi) is 10.4. The summed E-state index contributed by atoms with van der Waals surface area (Å²) in [6, 6.07) is 23.9. The molecule has 0 aliphatic heterocycles. The minimum absolute atomic E-state index is 0.105. The molecule has 5 rings (SSSR count). The summed E-state index contributed by atoms with van der Waals surface area (Å²) >= 11 is 0. The van der Waals surface area contributed by atoms with Gasteiger partial charge in [-0.05, 0) is 46.6 Å². The van der Waals surface area contributed by atoms with Gasteiger partial charge in [0.2, 0.25) is 0 Å². The molecule has 1 heterocycles. The third kappa shape index (κ3) is 8.86. The second kappa shape index (κ2) is 15.4. The normalized spacial score (nSPS) is 11.5. The largest absolute Gasteiger partial charge is 0.270 e. The van der Waals surface area contributed by atoms with Crippen LogP contribution in [0, 0.1) is 40.5 Å². The first kappa shape index (κ1) is 33.9. The van der Waals surface area contributed by atoms with Crippen LogP contribution in [0.25, 0.3) is 48.6 Å². The van der Waals surface area contributed by atoms with E-state index < -0.39 is 19.7 Å². The number of nitro benzene ring substituents is 4. The van der Waals surface area contributed by atoms with Crippen LogP contribution in [-0.4, -0.2) is 29.7 Å². The lowest BCUT2D eigenvalue weighted by molar-refractivity contribution is -0.385. The summed E-state index contributed by atoms with van der Waals surface area (Å²) in [6.07, 6.45) is 12.9. The molecule has 0 N–H and O–H groups in total. The van der Waals surface area contributed by atoms with Crippen molar-refractivity contribution in [3.05, 3.63) is 183 Å². The molecule has 0 radical (unpaired) electrons. The average molecular weight is 669 g/mol. The zero-order valence-corrected chi connectivity index (χ0v) is 25.8. The highest BCUT2D eigenvalue weighted by Crippen LogP contribution is 2.24. The van der Waals surface area contributed by atoms with Crippen molar-refractivity contribution in [3.63, 3.8) is 0 Å². The lowest BCUT2D eigenvalue weighted by Crippen LogP contribution is -2.00. The van der Waals surface area contributed by atoms with E-state index in [1.54, 1.807) is 97.1 Å². The molecular formula is C36H24N6O8. The Morgan fingerprint density at radius 2 is 0.580 bits per heavy atom. The van der Waals surface area contributed by atoms with Gasteiger partial charge in [-0.15, -0.1) is 0 Å². The number of non-ortho nitro benzene ring substituents is 4. The van der Waals surface area contributed by atoms with Crippen molar-refractivity contribution in [2.45, 2.75) is 0 Å². The first-order valence-corrected chi connectivity index (χ1v) is 14.7. The molecule has 50 heavy (non-hydrogen) atoms. The molecule has 0 saturated heterocycles. The minimum Gasteiger partial charge on any atom is -0.258 e. The lowest BCUT2D eigenvalue weighted by atomic mass is 10.1. The third-order valence-electron chi connectivity index (χ3n) is 7.07. The molecule has 5 aromatic rings. The molecule has 0 atom stereocenters. The first-order valence-electron chi connectivity index (χ1n) is 14.7. The van der Waals surface area contributed by atoms with Crippen LogP contribution >= 0.6 is 0 Å². The van der Waals surface area contributed by atoms with Crippen LogP contribution in [0.2, 0.25) is 0 Å². The molecular weight excluding hydrogens is 644 g/mol. The second-order valence-corrected chi connectivity index (χ2v) is 10.5. The Morgan fingerprint density at radius 3 is 0.780 bits per heavy atom. The van der Waals surface area contributed by atoms with E-state index in [0.717, 1.165) is 0 Å². The summed E-state index contributed by atoms with van der Waals surface area (Å²) in [4.78, 5) is 52.9. The molecule has 0 spiro atoms. The van der Waals surface area contributed by atoms with Crippen molar-refractivity contribution in [1.29, 1.82) is 0 Å². The maximum absolute atomic E-state index is 11.3. The highest BCUT2D eigenvalue weighted by Gasteiger charge is 2.11. The summed E-state index contributed by atoms with van der Waals surface area (Å²) in [7, 11) is 0. The number of benzene rings is 4. The van der Waals surface area contributed by atoms with E-state index in [9.17, 15) is 40.5 Å². The molecule has 0 bridgehead atoms. The Bertz CT molecular complexity index is 1950. The van der Waals surface area contributed by atoms with Crippen molar-refractivity contribution < 1.29 is 19.7 Å². The molecule has 0 aliphatic carbocycles. The fraction of sp³-hybridized carbons (Fsp3) is 0. The van der Waals surface area contributed by atoms with Crippen LogP contribution in [0.3, 0.4) is 0 Å². The Labute approximate surface area is 283 Å². The number of hydrogen-bond acceptors (Lipinski definition) is 10. The predicted molar refractivity (Wildman–Crippen MR) is 190 cm³/mol. The zero-order chi connectivity index (χ0) is 35.6. The Hall–Kier alpha value is -7.48. The van der Waals surface area contributed by atoms with Gasteiger partial charge in [0.05, 0.1) is 42.5 Å². The predicted octanol–water partition coefficient (Wildman–Crippen LogP) is 8.79. The maximum atomic E-state index is 11.3. The van der Waals surface area contributed by atoms with Crippen LogP contribution < -0.4 is 0 Å². The van der Waals surface area contributed by atoms with Gasteiger partial charge < -0.3 is 0 Å². The average Bonchev–Trinajstić information content (AvgIpc) is 3.12. The molecule has 14 nitrogen and oxygen atoms in total. The monoisotopic (exact) mass is 668 g/mol. The second-order valence-electron chi connectivity index (χ2n) is 10.5. The van der Waals surface area contributed by atoms with Gasteiger partial charge in [-0.2, -0.15) is 0 Å². The van der Waals surface area contributed by atoms with Crippen LogP contribution in [-0.2, 0) is 0 Å². The van der Waals surface area contributed by atoms with E-state index in [2.05, 4.69) is 0 Å². The molecule has 246 valence electrons. The topological polar surface area (TPSA) is 198 Å². The summed E-state index contributed by atoms with van der Waals surface area (Å²) in [5.74, 6) is 0. The third-order valence-corrected chi connectivity index (χ3v) is 7.07. The smallest absolute Gasteiger partial charge is 0.258 e. The van der Waals surface area contributed by atoms with Gasteiger partial charge in [0, 0.05) is 48.5 Å². The summed E-state index contributed by atoms with van der Waals surface area (Å²) in [5, 5.41) is 45.3.